The summed E-state index contributed by atoms with van der Waals surface area (Å²) in [5, 5.41) is 9.58. The Morgan fingerprint density at radius 1 is 1.27 bits per heavy atom. The summed E-state index contributed by atoms with van der Waals surface area (Å²) in [4.78, 5) is 25.3. The van der Waals surface area contributed by atoms with E-state index in [0.29, 0.717) is 19.5 Å². The van der Waals surface area contributed by atoms with Crippen molar-refractivity contribution in [3.05, 3.63) is 46.5 Å². The van der Waals surface area contributed by atoms with Crippen LogP contribution in [0.4, 0.5) is 5.13 Å². The minimum Gasteiger partial charge on any atom is -0.356 e. The van der Waals surface area contributed by atoms with Gasteiger partial charge in [0.2, 0.25) is 5.91 Å². The van der Waals surface area contributed by atoms with Gasteiger partial charge in [-0.2, -0.15) is 0 Å². The zero-order valence-corrected chi connectivity index (χ0v) is 21.0. The molecule has 0 saturated heterocycles. The van der Waals surface area contributed by atoms with Crippen LogP contribution in [0.3, 0.4) is 0 Å². The third-order valence-electron chi connectivity index (χ3n) is 4.93. The van der Waals surface area contributed by atoms with Crippen LogP contribution < -0.4 is 15.5 Å². The molecular weight excluding hydrogens is 511 g/mol. The van der Waals surface area contributed by atoms with Crippen molar-refractivity contribution in [2.75, 3.05) is 39.1 Å². The van der Waals surface area contributed by atoms with Crippen molar-refractivity contribution in [1.82, 2.24) is 20.5 Å². The van der Waals surface area contributed by atoms with E-state index in [1.807, 2.05) is 35.3 Å². The molecule has 1 aliphatic heterocycles. The maximum atomic E-state index is 12.5. The number of aliphatic imine (C=N–C) groups is 1. The van der Waals surface area contributed by atoms with Crippen molar-refractivity contribution >= 4 is 52.3 Å². The van der Waals surface area contributed by atoms with Crippen LogP contribution in [0.15, 0.2) is 34.6 Å². The fourth-order valence-corrected chi connectivity index (χ4v) is 4.05. The number of thiazole rings is 1. The highest BCUT2D eigenvalue weighted by Crippen LogP contribution is 2.19. The average Bonchev–Trinajstić information content (AvgIpc) is 3.22. The van der Waals surface area contributed by atoms with Gasteiger partial charge in [0, 0.05) is 52.6 Å². The van der Waals surface area contributed by atoms with Crippen molar-refractivity contribution in [2.24, 2.45) is 4.99 Å². The van der Waals surface area contributed by atoms with E-state index in [0.717, 1.165) is 42.7 Å². The molecule has 7 nitrogen and oxygen atoms in total. The molecule has 1 aromatic carbocycles. The number of nitrogens with one attached hydrogen (secondary N) is 2. The first-order chi connectivity index (χ1) is 14.1. The lowest BCUT2D eigenvalue weighted by Gasteiger charge is -2.29. The van der Waals surface area contributed by atoms with Crippen LogP contribution in [0.5, 0.6) is 0 Å². The van der Waals surface area contributed by atoms with Crippen LogP contribution in [-0.2, 0) is 24.3 Å². The van der Waals surface area contributed by atoms with Gasteiger partial charge < -0.3 is 20.4 Å². The molecule has 164 valence electrons. The largest absolute Gasteiger partial charge is 0.356 e. The van der Waals surface area contributed by atoms with E-state index in [1.165, 1.54) is 11.1 Å². The number of amides is 1. The van der Waals surface area contributed by atoms with E-state index in [9.17, 15) is 4.79 Å². The zero-order valence-electron chi connectivity index (χ0n) is 17.9. The van der Waals surface area contributed by atoms with Crippen molar-refractivity contribution < 1.29 is 4.79 Å². The maximum Gasteiger partial charge on any atom is 0.222 e. The van der Waals surface area contributed by atoms with E-state index >= 15 is 0 Å². The second-order valence-electron chi connectivity index (χ2n) is 7.31. The molecule has 0 unspecified atom stereocenters. The number of rotatable bonds is 7. The SMILES string of the molecule is CN=C(NCCCC(=O)N1CCc2ccccc2C1)NCc1csc(N(C)C)n1.I. The molecule has 0 saturated carbocycles. The molecule has 2 heterocycles. The lowest BCUT2D eigenvalue weighted by atomic mass is 9.99. The molecule has 2 aromatic rings. The summed E-state index contributed by atoms with van der Waals surface area (Å²) in [7, 11) is 5.72. The predicted octanol–water partition coefficient (Wildman–Crippen LogP) is 2.86. The lowest BCUT2D eigenvalue weighted by molar-refractivity contribution is -0.132. The van der Waals surface area contributed by atoms with Crippen LogP contribution in [0, 0.1) is 0 Å². The van der Waals surface area contributed by atoms with E-state index in [2.05, 4.69) is 38.8 Å². The summed E-state index contributed by atoms with van der Waals surface area (Å²) >= 11 is 1.62. The molecule has 0 aliphatic carbocycles. The highest BCUT2D eigenvalue weighted by molar-refractivity contribution is 14.0. The maximum absolute atomic E-state index is 12.5. The molecular formula is C21H31IN6OS. The van der Waals surface area contributed by atoms with Gasteiger partial charge in [-0.1, -0.05) is 24.3 Å². The number of fused-ring (bicyclic) bond motifs is 1. The molecule has 0 bridgehead atoms. The number of anilines is 1. The van der Waals surface area contributed by atoms with Gasteiger partial charge in [0.05, 0.1) is 12.2 Å². The van der Waals surface area contributed by atoms with Gasteiger partial charge in [-0.25, -0.2) is 4.98 Å². The van der Waals surface area contributed by atoms with Crippen molar-refractivity contribution in [2.45, 2.75) is 32.4 Å². The van der Waals surface area contributed by atoms with Gasteiger partial charge in [-0.15, -0.1) is 35.3 Å². The standard InChI is InChI=1S/C21H30N6OS.HI/c1-22-20(24-13-18-15-29-21(25-18)26(2)3)23-11-6-9-19(28)27-12-10-16-7-4-5-8-17(16)14-27;/h4-5,7-8,15H,6,9-14H2,1-3H3,(H2,22,23,24);1H. The first-order valence-electron chi connectivity index (χ1n) is 9.97. The number of guanidine groups is 1. The number of carbonyl (C=O) groups is 1. The Morgan fingerprint density at radius 2 is 2.03 bits per heavy atom. The molecule has 9 heteroatoms. The molecule has 2 N–H and O–H groups in total. The summed E-state index contributed by atoms with van der Waals surface area (Å²) in [5.41, 5.74) is 3.63. The third-order valence-corrected chi connectivity index (χ3v) is 5.98. The molecule has 0 atom stereocenters. The molecule has 0 fully saturated rings. The molecule has 1 aliphatic rings. The number of benzene rings is 1. The molecule has 30 heavy (non-hydrogen) atoms. The number of carbonyl (C=O) groups excluding carboxylic acids is 1. The predicted molar refractivity (Wildman–Crippen MR) is 135 cm³/mol. The van der Waals surface area contributed by atoms with E-state index in [-0.39, 0.29) is 29.9 Å². The summed E-state index contributed by atoms with van der Waals surface area (Å²) in [5.74, 6) is 0.951. The minimum absolute atomic E-state index is 0. The highest BCUT2D eigenvalue weighted by Gasteiger charge is 2.19. The first kappa shape index (κ1) is 24.4. The van der Waals surface area contributed by atoms with Crippen molar-refractivity contribution in [1.29, 1.82) is 0 Å². The summed E-state index contributed by atoms with van der Waals surface area (Å²) in [6.07, 6.45) is 2.27. The van der Waals surface area contributed by atoms with Gasteiger partial charge in [0.25, 0.3) is 0 Å². The van der Waals surface area contributed by atoms with Gasteiger partial charge >= 0.3 is 0 Å². The van der Waals surface area contributed by atoms with Crippen LogP contribution in [0.2, 0.25) is 0 Å². The summed E-state index contributed by atoms with van der Waals surface area (Å²) < 4.78 is 0. The van der Waals surface area contributed by atoms with Crippen LogP contribution in [0.25, 0.3) is 0 Å². The Morgan fingerprint density at radius 3 is 2.73 bits per heavy atom. The van der Waals surface area contributed by atoms with Crippen molar-refractivity contribution in [3.63, 3.8) is 0 Å². The van der Waals surface area contributed by atoms with E-state index < -0.39 is 0 Å². The normalized spacial score (nSPS) is 13.3. The number of hydrogen-bond acceptors (Lipinski definition) is 5. The third kappa shape index (κ3) is 6.83. The van der Waals surface area contributed by atoms with Gasteiger partial charge in [0.1, 0.15) is 0 Å². The van der Waals surface area contributed by atoms with Gasteiger partial charge in [-0.3, -0.25) is 9.79 Å². The molecule has 0 spiro atoms. The van der Waals surface area contributed by atoms with Gasteiger partial charge in [0.15, 0.2) is 11.1 Å². The Balaban J connectivity index is 0.00000320. The topological polar surface area (TPSA) is 72.9 Å². The molecule has 1 aromatic heterocycles. The molecule has 0 radical (unpaired) electrons. The van der Waals surface area contributed by atoms with Crippen LogP contribution in [0.1, 0.15) is 29.7 Å². The first-order valence-corrected chi connectivity index (χ1v) is 10.9. The van der Waals surface area contributed by atoms with E-state index in [4.69, 9.17) is 0 Å². The van der Waals surface area contributed by atoms with Crippen LogP contribution >= 0.6 is 35.3 Å². The molecule has 3 rings (SSSR count). The number of hydrogen-bond donors (Lipinski definition) is 2. The quantitative estimate of drug-likeness (QED) is 0.244. The van der Waals surface area contributed by atoms with Crippen LogP contribution in [-0.4, -0.2) is 56.0 Å². The number of nitrogens with zero attached hydrogens (tertiary/aromatic N) is 4. The Labute approximate surface area is 200 Å². The van der Waals surface area contributed by atoms with Gasteiger partial charge in [-0.05, 0) is 24.0 Å². The van der Waals surface area contributed by atoms with E-state index in [1.54, 1.807) is 18.4 Å². The minimum atomic E-state index is 0. The monoisotopic (exact) mass is 542 g/mol. The smallest absolute Gasteiger partial charge is 0.222 e. The summed E-state index contributed by atoms with van der Waals surface area (Å²) in [6.45, 7) is 2.87. The fraction of sp³-hybridized carbons (Fsp3) is 0.476. The zero-order chi connectivity index (χ0) is 20.6. The second kappa shape index (κ2) is 12.1. The number of aromatic nitrogens is 1. The Kier molecular flexibility index (Phi) is 9.83. The average molecular weight is 542 g/mol. The Hall–Kier alpha value is -1.88. The second-order valence-corrected chi connectivity index (χ2v) is 8.14. The Bertz CT molecular complexity index is 854. The highest BCUT2D eigenvalue weighted by atomic mass is 127. The molecule has 1 amide bonds. The summed E-state index contributed by atoms with van der Waals surface area (Å²) in [6, 6.07) is 8.39. The van der Waals surface area contributed by atoms with Crippen molar-refractivity contribution in [3.8, 4) is 0 Å². The number of halogens is 1. The fourth-order valence-electron chi connectivity index (χ4n) is 3.29. The lowest BCUT2D eigenvalue weighted by Crippen LogP contribution is -2.38.